The molecule has 174 valence electrons. The molecule has 1 aliphatic heterocycles. The van der Waals surface area contributed by atoms with Crippen LogP contribution in [0.5, 0.6) is 0 Å². The summed E-state index contributed by atoms with van der Waals surface area (Å²) in [5.74, 6) is 1.35. The van der Waals surface area contributed by atoms with Crippen LogP contribution in [0.2, 0.25) is 0 Å². The van der Waals surface area contributed by atoms with Crippen molar-refractivity contribution in [2.75, 3.05) is 20.1 Å². The van der Waals surface area contributed by atoms with Crippen molar-refractivity contribution in [3.63, 3.8) is 0 Å². The average Bonchev–Trinajstić information content (AvgIpc) is 3.49. The standard InChI is InChI=1S/C26H37N3O3/c1-26(2,3)31-25(30)29-15-13-19(14-16-29)8-12-23-21-11-10-20(9-7-18-5-6-18)22(17-27-4)24(21)32-28-23/h7,9-11,18-19,27H,5-6,8,12-17H2,1-4H3/b9-7-. The largest absolute Gasteiger partial charge is 0.444 e. The summed E-state index contributed by atoms with van der Waals surface area (Å²) in [6.45, 7) is 8.03. The van der Waals surface area contributed by atoms with Gasteiger partial charge in [0.25, 0.3) is 0 Å². The maximum atomic E-state index is 12.3. The van der Waals surface area contributed by atoms with Gasteiger partial charge in [0.1, 0.15) is 5.60 Å². The molecular weight excluding hydrogens is 402 g/mol. The number of hydrogen-bond acceptors (Lipinski definition) is 5. The first-order valence-electron chi connectivity index (χ1n) is 12.0. The SMILES string of the molecule is CNCc1c(/C=C\C2CC2)ccc2c(CCC3CCN(C(=O)OC(C)(C)C)CC3)noc12. The normalized spacial score (nSPS) is 18.1. The zero-order chi connectivity index (χ0) is 22.7. The number of hydrogen-bond donors (Lipinski definition) is 1. The molecule has 2 heterocycles. The molecule has 6 nitrogen and oxygen atoms in total. The molecule has 1 aromatic heterocycles. The lowest BCUT2D eigenvalue weighted by Gasteiger charge is -2.33. The van der Waals surface area contributed by atoms with Crippen LogP contribution in [0.3, 0.4) is 0 Å². The minimum atomic E-state index is -0.443. The smallest absolute Gasteiger partial charge is 0.410 e. The highest BCUT2D eigenvalue weighted by molar-refractivity contribution is 5.85. The summed E-state index contributed by atoms with van der Waals surface area (Å²) in [4.78, 5) is 14.1. The van der Waals surface area contributed by atoms with Gasteiger partial charge in [0.2, 0.25) is 0 Å². The quantitative estimate of drug-likeness (QED) is 0.613. The fraction of sp³-hybridized carbons (Fsp3) is 0.615. The summed E-state index contributed by atoms with van der Waals surface area (Å²) >= 11 is 0. The van der Waals surface area contributed by atoms with Crippen LogP contribution in [0.15, 0.2) is 22.7 Å². The van der Waals surface area contributed by atoms with Crippen LogP contribution >= 0.6 is 0 Å². The van der Waals surface area contributed by atoms with Gasteiger partial charge in [0.15, 0.2) is 5.58 Å². The third-order valence-corrected chi connectivity index (χ3v) is 6.43. The first-order chi connectivity index (χ1) is 15.3. The molecule has 1 N–H and O–H groups in total. The number of nitrogens with zero attached hydrogens (tertiary/aromatic N) is 2. The second-order valence-electron chi connectivity index (χ2n) is 10.3. The van der Waals surface area contributed by atoms with E-state index in [1.165, 1.54) is 24.0 Å². The number of benzene rings is 1. The van der Waals surface area contributed by atoms with E-state index in [1.807, 2.05) is 32.7 Å². The zero-order valence-electron chi connectivity index (χ0n) is 19.9. The summed E-state index contributed by atoms with van der Waals surface area (Å²) in [6, 6.07) is 4.37. The molecule has 1 amide bonds. The minimum absolute atomic E-state index is 0.193. The molecule has 1 saturated heterocycles. The van der Waals surface area contributed by atoms with Gasteiger partial charge in [-0.1, -0.05) is 23.4 Å². The van der Waals surface area contributed by atoms with Crippen LogP contribution in [0.25, 0.3) is 17.0 Å². The van der Waals surface area contributed by atoms with Gasteiger partial charge in [-0.05, 0) is 89.8 Å². The molecule has 1 aromatic carbocycles. The zero-order valence-corrected chi connectivity index (χ0v) is 19.9. The Labute approximate surface area is 191 Å². The molecule has 2 aliphatic rings. The number of allylic oxidation sites excluding steroid dienone is 1. The summed E-state index contributed by atoms with van der Waals surface area (Å²) < 4.78 is 11.3. The summed E-state index contributed by atoms with van der Waals surface area (Å²) in [5, 5.41) is 8.85. The Morgan fingerprint density at radius 3 is 2.66 bits per heavy atom. The molecule has 4 rings (SSSR count). The maximum Gasteiger partial charge on any atom is 0.410 e. The molecular formula is C26H37N3O3. The number of piperidine rings is 1. The highest BCUT2D eigenvalue weighted by Crippen LogP contribution is 2.33. The van der Waals surface area contributed by atoms with Crippen LogP contribution in [0.4, 0.5) is 4.79 Å². The van der Waals surface area contributed by atoms with Crippen molar-refractivity contribution in [2.24, 2.45) is 11.8 Å². The van der Waals surface area contributed by atoms with Crippen molar-refractivity contribution < 1.29 is 14.1 Å². The van der Waals surface area contributed by atoms with E-state index in [4.69, 9.17) is 9.26 Å². The summed E-state index contributed by atoms with van der Waals surface area (Å²) in [7, 11) is 1.97. The van der Waals surface area contributed by atoms with E-state index in [2.05, 4.69) is 34.8 Å². The van der Waals surface area contributed by atoms with Gasteiger partial charge in [0.05, 0.1) is 5.69 Å². The van der Waals surface area contributed by atoms with Crippen molar-refractivity contribution >= 4 is 23.1 Å². The van der Waals surface area contributed by atoms with Gasteiger partial charge in [-0.25, -0.2) is 4.79 Å². The van der Waals surface area contributed by atoms with E-state index < -0.39 is 5.60 Å². The number of carbonyl (C=O) groups is 1. The van der Waals surface area contributed by atoms with E-state index in [0.29, 0.717) is 5.92 Å². The molecule has 0 radical (unpaired) electrons. The third-order valence-electron chi connectivity index (χ3n) is 6.43. The number of amides is 1. The molecule has 6 heteroatoms. The van der Waals surface area contributed by atoms with Gasteiger partial charge in [-0.3, -0.25) is 0 Å². The molecule has 1 saturated carbocycles. The Bertz CT molecular complexity index is 961. The number of fused-ring (bicyclic) bond motifs is 1. The van der Waals surface area contributed by atoms with Crippen molar-refractivity contribution in [1.29, 1.82) is 0 Å². The number of ether oxygens (including phenoxy) is 1. The summed E-state index contributed by atoms with van der Waals surface area (Å²) in [6.07, 6.45) is 11.0. The van der Waals surface area contributed by atoms with Gasteiger partial charge in [0, 0.05) is 30.6 Å². The number of nitrogens with one attached hydrogen (secondary N) is 1. The predicted molar refractivity (Wildman–Crippen MR) is 127 cm³/mol. The monoisotopic (exact) mass is 439 g/mol. The van der Waals surface area contributed by atoms with Gasteiger partial charge < -0.3 is 19.5 Å². The molecule has 1 aliphatic carbocycles. The predicted octanol–water partition coefficient (Wildman–Crippen LogP) is 5.55. The Morgan fingerprint density at radius 1 is 1.25 bits per heavy atom. The Morgan fingerprint density at radius 2 is 2.00 bits per heavy atom. The molecule has 32 heavy (non-hydrogen) atoms. The number of rotatable bonds is 7. The molecule has 0 spiro atoms. The van der Waals surface area contributed by atoms with Crippen LogP contribution in [0, 0.1) is 11.8 Å². The van der Waals surface area contributed by atoms with Crippen molar-refractivity contribution in [3.05, 3.63) is 35.0 Å². The Kier molecular flexibility index (Phi) is 6.89. The first kappa shape index (κ1) is 22.8. The van der Waals surface area contributed by atoms with Crippen molar-refractivity contribution in [1.82, 2.24) is 15.4 Å². The van der Waals surface area contributed by atoms with Crippen LogP contribution in [-0.4, -0.2) is 41.9 Å². The highest BCUT2D eigenvalue weighted by Gasteiger charge is 2.27. The fourth-order valence-corrected chi connectivity index (χ4v) is 4.42. The van der Waals surface area contributed by atoms with Crippen LogP contribution in [-0.2, 0) is 17.7 Å². The van der Waals surface area contributed by atoms with Crippen LogP contribution < -0.4 is 5.32 Å². The summed E-state index contributed by atoms with van der Waals surface area (Å²) in [5.41, 5.74) is 3.92. The van der Waals surface area contributed by atoms with E-state index in [-0.39, 0.29) is 6.09 Å². The number of likely N-dealkylation sites (tertiary alicyclic amines) is 1. The van der Waals surface area contributed by atoms with E-state index in [9.17, 15) is 4.79 Å². The van der Waals surface area contributed by atoms with Crippen molar-refractivity contribution in [3.8, 4) is 0 Å². The Hall–Kier alpha value is -2.34. The number of aromatic nitrogens is 1. The van der Waals surface area contributed by atoms with Crippen molar-refractivity contribution in [2.45, 2.75) is 71.4 Å². The Balaban J connectivity index is 1.37. The topological polar surface area (TPSA) is 67.6 Å². The fourth-order valence-electron chi connectivity index (χ4n) is 4.42. The highest BCUT2D eigenvalue weighted by atomic mass is 16.6. The second-order valence-corrected chi connectivity index (χ2v) is 10.3. The minimum Gasteiger partial charge on any atom is -0.444 e. The lowest BCUT2D eigenvalue weighted by Crippen LogP contribution is -2.41. The third kappa shape index (κ3) is 5.71. The lowest BCUT2D eigenvalue weighted by atomic mass is 9.91. The van der Waals surface area contributed by atoms with E-state index in [1.54, 1.807) is 0 Å². The average molecular weight is 440 g/mol. The van der Waals surface area contributed by atoms with E-state index in [0.717, 1.165) is 67.9 Å². The molecule has 2 fully saturated rings. The number of aryl methyl sites for hydroxylation is 1. The molecule has 2 aromatic rings. The maximum absolute atomic E-state index is 12.3. The molecule has 0 atom stereocenters. The van der Waals surface area contributed by atoms with Crippen LogP contribution in [0.1, 0.15) is 69.7 Å². The molecule has 0 bridgehead atoms. The van der Waals surface area contributed by atoms with Gasteiger partial charge >= 0.3 is 6.09 Å². The van der Waals surface area contributed by atoms with Gasteiger partial charge in [-0.2, -0.15) is 0 Å². The lowest BCUT2D eigenvalue weighted by molar-refractivity contribution is 0.0181. The van der Waals surface area contributed by atoms with Gasteiger partial charge in [-0.15, -0.1) is 0 Å². The van der Waals surface area contributed by atoms with E-state index >= 15 is 0 Å². The second kappa shape index (κ2) is 9.65. The molecule has 0 unspecified atom stereocenters. The number of carbonyl (C=O) groups excluding carboxylic acids is 1. The first-order valence-corrected chi connectivity index (χ1v) is 12.0.